The Balaban J connectivity index is 2.03. The van der Waals surface area contributed by atoms with Crippen LogP contribution in [0.25, 0.3) is 0 Å². The number of Topliss-reactive ketones (excluding diaryl/α,β-unsaturated/α-hetero) is 1. The van der Waals surface area contributed by atoms with Crippen molar-refractivity contribution >= 4 is 11.7 Å². The Morgan fingerprint density at radius 2 is 2.00 bits per heavy atom. The normalized spacial score (nSPS) is 17.1. The number of hydrogen-bond donors (Lipinski definition) is 1. The van der Waals surface area contributed by atoms with Crippen LogP contribution in [0.15, 0.2) is 60.1 Å². The van der Waals surface area contributed by atoms with E-state index in [9.17, 15) is 14.7 Å². The molecule has 2 heterocycles. The zero-order valence-electron chi connectivity index (χ0n) is 14.0. The number of carbonyl (C=O) groups is 2. The second kappa shape index (κ2) is 6.76. The molecule has 1 atom stereocenters. The van der Waals surface area contributed by atoms with Crippen LogP contribution >= 0.6 is 0 Å². The van der Waals surface area contributed by atoms with Gasteiger partial charge in [0.25, 0.3) is 5.91 Å². The number of benzene rings is 1. The molecular weight excluding hydrogens is 320 g/mol. The summed E-state index contributed by atoms with van der Waals surface area (Å²) in [5, 5.41) is 10.2. The Bertz CT molecular complexity index is 828. The molecule has 0 spiro atoms. The molecule has 128 valence electrons. The Hall–Kier alpha value is -3.15. The van der Waals surface area contributed by atoms with Gasteiger partial charge in [0, 0.05) is 18.9 Å². The van der Waals surface area contributed by atoms with Crippen LogP contribution in [0.5, 0.6) is 5.75 Å². The number of nitrogens with zero attached hydrogens (tertiary/aromatic N) is 2. The van der Waals surface area contributed by atoms with Gasteiger partial charge in [0.1, 0.15) is 5.75 Å². The van der Waals surface area contributed by atoms with Gasteiger partial charge in [-0.15, -0.1) is 0 Å². The Kier molecular flexibility index (Phi) is 4.52. The lowest BCUT2D eigenvalue weighted by molar-refractivity contribution is -0.130. The smallest absolute Gasteiger partial charge is 0.290 e. The van der Waals surface area contributed by atoms with Crippen LogP contribution in [0.4, 0.5) is 0 Å². The highest BCUT2D eigenvalue weighted by Crippen LogP contribution is 2.39. The van der Waals surface area contributed by atoms with Crippen molar-refractivity contribution in [3.05, 3.63) is 71.3 Å². The lowest BCUT2D eigenvalue weighted by atomic mass is 9.96. The molecule has 0 saturated heterocycles. The van der Waals surface area contributed by atoms with Crippen LogP contribution in [0.2, 0.25) is 0 Å². The number of methoxy groups -OCH3 is 1. The lowest BCUT2D eigenvalue weighted by Crippen LogP contribution is -2.30. The zero-order valence-corrected chi connectivity index (χ0v) is 14.0. The molecule has 25 heavy (non-hydrogen) atoms. The summed E-state index contributed by atoms with van der Waals surface area (Å²) in [4.78, 5) is 30.2. The van der Waals surface area contributed by atoms with E-state index in [0.717, 1.165) is 11.1 Å². The molecule has 1 aromatic heterocycles. The molecule has 0 unspecified atom stereocenters. The molecule has 1 aromatic carbocycles. The molecule has 0 saturated carbocycles. The van der Waals surface area contributed by atoms with Crippen LogP contribution in [0.3, 0.4) is 0 Å². The molecule has 0 fully saturated rings. The average Bonchev–Trinajstić information content (AvgIpc) is 2.88. The molecule has 0 bridgehead atoms. The molecule has 1 N–H and O–H groups in total. The largest absolute Gasteiger partial charge is 0.503 e. The summed E-state index contributed by atoms with van der Waals surface area (Å²) in [5.41, 5.74) is 1.65. The van der Waals surface area contributed by atoms with Crippen molar-refractivity contribution < 1.29 is 19.4 Å². The van der Waals surface area contributed by atoms with Gasteiger partial charge in [-0.05, 0) is 36.2 Å². The number of ketones is 1. The molecule has 3 rings (SSSR count). The van der Waals surface area contributed by atoms with Crippen LogP contribution in [0, 0.1) is 0 Å². The van der Waals surface area contributed by atoms with Crippen LogP contribution in [-0.2, 0) is 16.1 Å². The maximum absolute atomic E-state index is 12.6. The standard InChI is InChI=1S/C19H18N2O4/c1-12(22)16-17(14-5-7-15(25-2)8-6-14)21(19(24)18(16)23)11-13-4-3-9-20-10-13/h3-10,17,23H,11H2,1-2H3/t17-/m1/s1. The highest BCUT2D eigenvalue weighted by Gasteiger charge is 2.42. The van der Waals surface area contributed by atoms with E-state index in [1.165, 1.54) is 11.8 Å². The van der Waals surface area contributed by atoms with Gasteiger partial charge in [0.05, 0.1) is 18.7 Å². The van der Waals surface area contributed by atoms with E-state index in [-0.39, 0.29) is 17.9 Å². The quantitative estimate of drug-likeness (QED) is 0.906. The predicted molar refractivity (Wildman–Crippen MR) is 90.9 cm³/mol. The Morgan fingerprint density at radius 3 is 2.56 bits per heavy atom. The highest BCUT2D eigenvalue weighted by molar-refractivity contribution is 6.08. The average molecular weight is 338 g/mol. The van der Waals surface area contributed by atoms with Gasteiger partial charge in [-0.25, -0.2) is 0 Å². The van der Waals surface area contributed by atoms with E-state index in [2.05, 4.69) is 4.98 Å². The second-order valence-electron chi connectivity index (χ2n) is 5.79. The van der Waals surface area contributed by atoms with E-state index in [4.69, 9.17) is 4.74 Å². The first-order valence-corrected chi connectivity index (χ1v) is 7.80. The van der Waals surface area contributed by atoms with Crippen LogP contribution < -0.4 is 4.74 Å². The Labute approximate surface area is 145 Å². The van der Waals surface area contributed by atoms with Crippen molar-refractivity contribution in [3.63, 3.8) is 0 Å². The molecule has 0 radical (unpaired) electrons. The summed E-state index contributed by atoms with van der Waals surface area (Å²) in [6.07, 6.45) is 3.30. The van der Waals surface area contributed by atoms with Gasteiger partial charge >= 0.3 is 0 Å². The van der Waals surface area contributed by atoms with E-state index in [1.807, 2.05) is 6.07 Å². The summed E-state index contributed by atoms with van der Waals surface area (Å²) in [6.45, 7) is 1.59. The monoisotopic (exact) mass is 338 g/mol. The van der Waals surface area contributed by atoms with Gasteiger partial charge in [-0.2, -0.15) is 0 Å². The molecule has 0 aliphatic carbocycles. The van der Waals surface area contributed by atoms with Crippen molar-refractivity contribution in [1.29, 1.82) is 0 Å². The fraction of sp³-hybridized carbons (Fsp3) is 0.211. The second-order valence-corrected chi connectivity index (χ2v) is 5.79. The van der Waals surface area contributed by atoms with Crippen LogP contribution in [0.1, 0.15) is 24.1 Å². The predicted octanol–water partition coefficient (Wildman–Crippen LogP) is 2.57. The fourth-order valence-corrected chi connectivity index (χ4v) is 3.00. The summed E-state index contributed by atoms with van der Waals surface area (Å²) >= 11 is 0. The number of amides is 1. The number of hydrogen-bond acceptors (Lipinski definition) is 5. The maximum Gasteiger partial charge on any atom is 0.290 e. The van der Waals surface area contributed by atoms with Crippen molar-refractivity contribution in [2.24, 2.45) is 0 Å². The number of ether oxygens (including phenoxy) is 1. The van der Waals surface area contributed by atoms with Gasteiger partial charge < -0.3 is 14.7 Å². The van der Waals surface area contributed by atoms with Gasteiger partial charge in [-0.3, -0.25) is 14.6 Å². The summed E-state index contributed by atoms with van der Waals surface area (Å²) in [6, 6.07) is 10.1. The third-order valence-corrected chi connectivity index (χ3v) is 4.19. The molecule has 6 heteroatoms. The van der Waals surface area contributed by atoms with E-state index >= 15 is 0 Å². The summed E-state index contributed by atoms with van der Waals surface area (Å²) < 4.78 is 5.15. The minimum Gasteiger partial charge on any atom is -0.503 e. The molecule has 1 amide bonds. The van der Waals surface area contributed by atoms with Crippen molar-refractivity contribution in [3.8, 4) is 5.75 Å². The summed E-state index contributed by atoms with van der Waals surface area (Å²) in [5.74, 6) is -0.711. The van der Waals surface area contributed by atoms with Crippen LogP contribution in [-0.4, -0.2) is 33.8 Å². The zero-order chi connectivity index (χ0) is 18.0. The SMILES string of the molecule is COc1ccc([C@@H]2C(C(C)=O)=C(O)C(=O)N2Cc2cccnc2)cc1. The number of aliphatic hydroxyl groups excluding tert-OH is 1. The number of pyridine rings is 1. The fourth-order valence-electron chi connectivity index (χ4n) is 3.00. The minimum atomic E-state index is -0.642. The van der Waals surface area contributed by atoms with Gasteiger partial charge in [0.2, 0.25) is 0 Å². The number of aliphatic hydroxyl groups is 1. The van der Waals surface area contributed by atoms with E-state index in [1.54, 1.807) is 49.8 Å². The first kappa shape index (κ1) is 16.7. The Morgan fingerprint density at radius 1 is 1.28 bits per heavy atom. The van der Waals surface area contributed by atoms with E-state index < -0.39 is 17.7 Å². The van der Waals surface area contributed by atoms with Crippen molar-refractivity contribution in [1.82, 2.24) is 9.88 Å². The molecule has 6 nitrogen and oxygen atoms in total. The van der Waals surface area contributed by atoms with Gasteiger partial charge in [-0.1, -0.05) is 18.2 Å². The topological polar surface area (TPSA) is 79.7 Å². The highest BCUT2D eigenvalue weighted by atomic mass is 16.5. The first-order chi connectivity index (χ1) is 12.0. The first-order valence-electron chi connectivity index (χ1n) is 7.80. The third-order valence-electron chi connectivity index (χ3n) is 4.19. The number of rotatable bonds is 5. The maximum atomic E-state index is 12.6. The van der Waals surface area contributed by atoms with Crippen molar-refractivity contribution in [2.45, 2.75) is 19.5 Å². The van der Waals surface area contributed by atoms with Crippen molar-refractivity contribution in [2.75, 3.05) is 7.11 Å². The van der Waals surface area contributed by atoms with Gasteiger partial charge in [0.15, 0.2) is 11.5 Å². The lowest BCUT2D eigenvalue weighted by Gasteiger charge is -2.26. The minimum absolute atomic E-state index is 0.110. The molecule has 1 aliphatic rings. The molecule has 2 aromatic rings. The number of aromatic nitrogens is 1. The number of carbonyl (C=O) groups excluding carboxylic acids is 2. The molecule has 1 aliphatic heterocycles. The third kappa shape index (κ3) is 3.10. The molecular formula is C19H18N2O4. The summed E-state index contributed by atoms with van der Waals surface area (Å²) in [7, 11) is 1.57. The van der Waals surface area contributed by atoms with E-state index in [0.29, 0.717) is 5.75 Å².